The molecule has 0 saturated carbocycles. The largest absolute Gasteiger partial charge is 0.489 e. The molecule has 0 spiro atoms. The van der Waals surface area contributed by atoms with Gasteiger partial charge in [0.2, 0.25) is 0 Å². The van der Waals surface area contributed by atoms with Gasteiger partial charge in [-0.3, -0.25) is 4.79 Å². The van der Waals surface area contributed by atoms with Crippen LogP contribution in [0.3, 0.4) is 0 Å². The van der Waals surface area contributed by atoms with E-state index < -0.39 is 0 Å². The summed E-state index contributed by atoms with van der Waals surface area (Å²) in [6.07, 6.45) is 0. The van der Waals surface area contributed by atoms with Crippen LogP contribution in [0.5, 0.6) is 5.75 Å². The summed E-state index contributed by atoms with van der Waals surface area (Å²) in [5, 5.41) is 2.92. The summed E-state index contributed by atoms with van der Waals surface area (Å²) in [4.78, 5) is 12.7. The lowest BCUT2D eigenvalue weighted by Crippen LogP contribution is -2.27. The predicted octanol–water partition coefficient (Wildman–Crippen LogP) is 4.90. The fourth-order valence-electron chi connectivity index (χ4n) is 2.68. The molecule has 0 heterocycles. The van der Waals surface area contributed by atoms with Crippen LogP contribution in [-0.4, -0.2) is 5.91 Å². The zero-order valence-electron chi connectivity index (χ0n) is 14.5. The highest BCUT2D eigenvalue weighted by atomic mass is 19.1. The van der Waals surface area contributed by atoms with Gasteiger partial charge in [-0.15, -0.1) is 0 Å². The van der Waals surface area contributed by atoms with Gasteiger partial charge in [0, 0.05) is 11.1 Å². The Bertz CT molecular complexity index is 880. The molecule has 26 heavy (non-hydrogen) atoms. The van der Waals surface area contributed by atoms with Crippen molar-refractivity contribution in [3.63, 3.8) is 0 Å². The number of ether oxygens (including phenoxy) is 1. The van der Waals surface area contributed by atoms with Crippen LogP contribution in [0.4, 0.5) is 4.39 Å². The van der Waals surface area contributed by atoms with Crippen molar-refractivity contribution >= 4 is 5.91 Å². The van der Waals surface area contributed by atoms with Gasteiger partial charge in [-0.25, -0.2) is 4.39 Å². The smallest absolute Gasteiger partial charge is 0.252 e. The zero-order valence-corrected chi connectivity index (χ0v) is 14.5. The molecule has 0 saturated heterocycles. The van der Waals surface area contributed by atoms with E-state index in [-0.39, 0.29) is 17.8 Å². The highest BCUT2D eigenvalue weighted by molar-refractivity contribution is 5.95. The van der Waals surface area contributed by atoms with Gasteiger partial charge in [-0.2, -0.15) is 0 Å². The van der Waals surface area contributed by atoms with Gasteiger partial charge < -0.3 is 10.1 Å². The highest BCUT2D eigenvalue weighted by Gasteiger charge is 2.15. The predicted molar refractivity (Wildman–Crippen MR) is 99.5 cm³/mol. The third-order valence-corrected chi connectivity index (χ3v) is 4.10. The first-order valence-electron chi connectivity index (χ1n) is 8.45. The quantitative estimate of drug-likeness (QED) is 0.688. The Morgan fingerprint density at radius 2 is 1.73 bits per heavy atom. The van der Waals surface area contributed by atoms with Gasteiger partial charge in [0.25, 0.3) is 5.91 Å². The molecule has 0 aliphatic rings. The van der Waals surface area contributed by atoms with E-state index in [2.05, 4.69) is 5.32 Å². The van der Waals surface area contributed by atoms with E-state index in [1.165, 1.54) is 12.1 Å². The third-order valence-electron chi connectivity index (χ3n) is 4.10. The number of para-hydroxylation sites is 1. The maximum atomic E-state index is 13.4. The van der Waals surface area contributed by atoms with Crippen molar-refractivity contribution in [3.05, 3.63) is 101 Å². The fourth-order valence-corrected chi connectivity index (χ4v) is 2.68. The SMILES string of the molecule is CC(NC(=O)c1ccccc1COc1ccccc1)c1cccc(F)c1. The highest BCUT2D eigenvalue weighted by Crippen LogP contribution is 2.17. The first-order valence-corrected chi connectivity index (χ1v) is 8.45. The zero-order chi connectivity index (χ0) is 18.4. The van der Waals surface area contributed by atoms with Crippen LogP contribution >= 0.6 is 0 Å². The fraction of sp³-hybridized carbons (Fsp3) is 0.136. The number of carbonyl (C=O) groups is 1. The molecule has 0 bridgehead atoms. The Morgan fingerprint density at radius 1 is 1.00 bits per heavy atom. The second-order valence-electron chi connectivity index (χ2n) is 6.01. The van der Waals surface area contributed by atoms with E-state index in [1.54, 1.807) is 18.2 Å². The second kappa shape index (κ2) is 8.30. The molecular weight excluding hydrogens is 329 g/mol. The van der Waals surface area contributed by atoms with E-state index in [0.717, 1.165) is 16.9 Å². The lowest BCUT2D eigenvalue weighted by atomic mass is 10.1. The first kappa shape index (κ1) is 17.7. The lowest BCUT2D eigenvalue weighted by Gasteiger charge is -2.16. The van der Waals surface area contributed by atoms with Crippen molar-refractivity contribution in [3.8, 4) is 5.75 Å². The number of hydrogen-bond acceptors (Lipinski definition) is 2. The lowest BCUT2D eigenvalue weighted by molar-refractivity contribution is 0.0937. The van der Waals surface area contributed by atoms with Gasteiger partial charge in [0.1, 0.15) is 18.2 Å². The van der Waals surface area contributed by atoms with Crippen molar-refractivity contribution in [1.29, 1.82) is 0 Å². The summed E-state index contributed by atoms with van der Waals surface area (Å²) in [5.74, 6) is 0.213. The monoisotopic (exact) mass is 349 g/mol. The topological polar surface area (TPSA) is 38.3 Å². The molecule has 1 amide bonds. The molecule has 3 nitrogen and oxygen atoms in total. The molecule has 0 aliphatic carbocycles. The minimum absolute atomic E-state index is 0.214. The van der Waals surface area contributed by atoms with Crippen molar-refractivity contribution in [2.24, 2.45) is 0 Å². The minimum atomic E-state index is -0.319. The van der Waals surface area contributed by atoms with Crippen LogP contribution in [0.1, 0.15) is 34.5 Å². The molecule has 1 N–H and O–H groups in total. The molecule has 1 unspecified atom stereocenters. The normalized spacial score (nSPS) is 11.6. The minimum Gasteiger partial charge on any atom is -0.489 e. The standard InChI is InChI=1S/C22H20FNO2/c1-16(17-9-7-10-19(23)14-17)24-22(25)21-13-6-5-8-18(21)15-26-20-11-3-2-4-12-20/h2-14,16H,15H2,1H3,(H,24,25). The Balaban J connectivity index is 1.71. The van der Waals surface area contributed by atoms with Crippen molar-refractivity contribution in [2.45, 2.75) is 19.6 Å². The number of rotatable bonds is 6. The van der Waals surface area contributed by atoms with Crippen LogP contribution in [-0.2, 0) is 6.61 Å². The van der Waals surface area contributed by atoms with Crippen molar-refractivity contribution in [2.75, 3.05) is 0 Å². The average Bonchev–Trinajstić information content (AvgIpc) is 2.67. The van der Waals surface area contributed by atoms with Gasteiger partial charge in [0.15, 0.2) is 0 Å². The second-order valence-corrected chi connectivity index (χ2v) is 6.01. The summed E-state index contributed by atoms with van der Waals surface area (Å²) < 4.78 is 19.1. The molecule has 0 radical (unpaired) electrons. The summed E-state index contributed by atoms with van der Waals surface area (Å²) in [5.41, 5.74) is 2.06. The van der Waals surface area contributed by atoms with E-state index >= 15 is 0 Å². The average molecular weight is 349 g/mol. The van der Waals surface area contributed by atoms with Crippen LogP contribution in [0, 0.1) is 5.82 Å². The van der Waals surface area contributed by atoms with E-state index in [1.807, 2.05) is 55.5 Å². The molecule has 132 valence electrons. The molecule has 0 aromatic heterocycles. The molecule has 3 aromatic rings. The molecule has 1 atom stereocenters. The Kier molecular flexibility index (Phi) is 5.64. The number of halogens is 1. The third kappa shape index (κ3) is 4.48. The number of hydrogen-bond donors (Lipinski definition) is 1. The van der Waals surface area contributed by atoms with Crippen LogP contribution < -0.4 is 10.1 Å². The molecule has 0 fully saturated rings. The Hall–Kier alpha value is -3.14. The molecular formula is C22H20FNO2. The Morgan fingerprint density at radius 3 is 2.50 bits per heavy atom. The van der Waals surface area contributed by atoms with E-state index in [9.17, 15) is 9.18 Å². The number of nitrogens with one attached hydrogen (secondary N) is 1. The first-order chi connectivity index (χ1) is 12.6. The van der Waals surface area contributed by atoms with Crippen LogP contribution in [0.2, 0.25) is 0 Å². The van der Waals surface area contributed by atoms with Crippen LogP contribution in [0.15, 0.2) is 78.9 Å². The maximum Gasteiger partial charge on any atom is 0.252 e. The maximum absolute atomic E-state index is 13.4. The van der Waals surface area contributed by atoms with Gasteiger partial charge >= 0.3 is 0 Å². The van der Waals surface area contributed by atoms with Gasteiger partial charge in [-0.1, -0.05) is 48.5 Å². The molecule has 3 rings (SSSR count). The molecule has 3 aromatic carbocycles. The van der Waals surface area contributed by atoms with Gasteiger partial charge in [0.05, 0.1) is 6.04 Å². The summed E-state index contributed by atoms with van der Waals surface area (Å²) in [7, 11) is 0. The van der Waals surface area contributed by atoms with Crippen molar-refractivity contribution < 1.29 is 13.9 Å². The number of benzene rings is 3. The summed E-state index contributed by atoms with van der Waals surface area (Å²) in [6.45, 7) is 2.12. The molecule has 4 heteroatoms. The molecule has 0 aliphatic heterocycles. The van der Waals surface area contributed by atoms with Crippen molar-refractivity contribution in [1.82, 2.24) is 5.32 Å². The summed E-state index contributed by atoms with van der Waals surface area (Å²) in [6, 6.07) is 22.7. The summed E-state index contributed by atoms with van der Waals surface area (Å²) >= 11 is 0. The van der Waals surface area contributed by atoms with Gasteiger partial charge in [-0.05, 0) is 42.8 Å². The van der Waals surface area contributed by atoms with E-state index in [4.69, 9.17) is 4.74 Å². The van der Waals surface area contributed by atoms with E-state index in [0.29, 0.717) is 12.2 Å². The number of amides is 1. The number of carbonyl (C=O) groups excluding carboxylic acids is 1. The Labute approximate surface area is 152 Å². The van der Waals surface area contributed by atoms with Crippen LogP contribution in [0.25, 0.3) is 0 Å².